The van der Waals surface area contributed by atoms with Crippen LogP contribution in [-0.2, 0) is 27.9 Å². The fourth-order valence-electron chi connectivity index (χ4n) is 4.54. The first-order valence-electron chi connectivity index (χ1n) is 10.8. The average Bonchev–Trinajstić information content (AvgIpc) is 3.32. The Morgan fingerprint density at radius 3 is 2.47 bits per heavy atom. The lowest BCUT2D eigenvalue weighted by atomic mass is 10.0. The third kappa shape index (κ3) is 4.76. The number of piperidine rings is 1. The van der Waals surface area contributed by atoms with Gasteiger partial charge in [0.25, 0.3) is 0 Å². The lowest BCUT2D eigenvalue weighted by Gasteiger charge is -2.40. The Balaban J connectivity index is 1.78. The highest BCUT2D eigenvalue weighted by Gasteiger charge is 2.39. The number of carbonyl (C=O) groups excluding carboxylic acids is 3. The molecule has 0 unspecified atom stereocenters. The molecule has 166 valence electrons. The van der Waals surface area contributed by atoms with Crippen LogP contribution in [-0.4, -0.2) is 80.7 Å². The average molecular weight is 420 g/mol. The highest BCUT2D eigenvalue weighted by atomic mass is 16.6. The molecule has 3 amide bonds. The van der Waals surface area contributed by atoms with Crippen LogP contribution >= 0.6 is 0 Å². The van der Waals surface area contributed by atoms with Crippen molar-refractivity contribution in [3.63, 3.8) is 0 Å². The minimum absolute atomic E-state index is 0.00358. The first-order chi connectivity index (χ1) is 14.3. The zero-order chi connectivity index (χ0) is 21.8. The number of nitrogens with zero attached hydrogens (tertiary/aromatic N) is 5. The van der Waals surface area contributed by atoms with E-state index in [0.717, 1.165) is 17.8 Å². The van der Waals surface area contributed by atoms with Crippen molar-refractivity contribution in [2.24, 2.45) is 7.05 Å². The van der Waals surface area contributed by atoms with Crippen LogP contribution in [0, 0.1) is 6.92 Å². The van der Waals surface area contributed by atoms with E-state index < -0.39 is 6.04 Å². The highest BCUT2D eigenvalue weighted by molar-refractivity contribution is 5.87. The third-order valence-corrected chi connectivity index (χ3v) is 6.09. The molecule has 9 nitrogen and oxygen atoms in total. The third-order valence-electron chi connectivity index (χ3n) is 6.09. The minimum atomic E-state index is -0.403. The number of likely N-dealkylation sites (tertiary alicyclic amines) is 2. The highest BCUT2D eigenvalue weighted by Crippen LogP contribution is 2.26. The molecule has 0 N–H and O–H groups in total. The molecule has 2 saturated heterocycles. The Kier molecular flexibility index (Phi) is 6.99. The normalized spacial score (nSPS) is 19.8. The quantitative estimate of drug-likeness (QED) is 0.725. The van der Waals surface area contributed by atoms with Crippen molar-refractivity contribution < 1.29 is 19.1 Å². The maximum atomic E-state index is 13.6. The van der Waals surface area contributed by atoms with Gasteiger partial charge in [0, 0.05) is 39.6 Å². The van der Waals surface area contributed by atoms with Gasteiger partial charge in [0.1, 0.15) is 6.04 Å². The van der Waals surface area contributed by atoms with Gasteiger partial charge in [-0.3, -0.25) is 14.3 Å². The van der Waals surface area contributed by atoms with E-state index in [2.05, 4.69) is 5.10 Å². The number of aromatic nitrogens is 2. The monoisotopic (exact) mass is 419 g/mol. The summed E-state index contributed by atoms with van der Waals surface area (Å²) in [7, 11) is 1.88. The Labute approximate surface area is 177 Å². The number of hydrogen-bond acceptors (Lipinski definition) is 5. The molecule has 1 aromatic rings. The summed E-state index contributed by atoms with van der Waals surface area (Å²) >= 11 is 0. The fraction of sp³-hybridized carbons (Fsp3) is 0.714. The summed E-state index contributed by atoms with van der Waals surface area (Å²) in [5.74, 6) is -0.0598. The van der Waals surface area contributed by atoms with Crippen LogP contribution in [0.3, 0.4) is 0 Å². The lowest BCUT2D eigenvalue weighted by Crippen LogP contribution is -2.53. The minimum Gasteiger partial charge on any atom is -0.450 e. The summed E-state index contributed by atoms with van der Waals surface area (Å²) in [6.45, 7) is 7.79. The topological polar surface area (TPSA) is 88.0 Å². The van der Waals surface area contributed by atoms with Crippen LogP contribution in [0.25, 0.3) is 0 Å². The molecule has 3 rings (SSSR count). The summed E-state index contributed by atoms with van der Waals surface area (Å²) in [6.07, 6.45) is 2.62. The molecule has 0 aliphatic carbocycles. The van der Waals surface area contributed by atoms with Crippen LogP contribution in [0.15, 0.2) is 6.07 Å². The number of carbonyl (C=O) groups is 3. The second-order valence-electron chi connectivity index (χ2n) is 8.15. The molecule has 2 aliphatic rings. The predicted molar refractivity (Wildman–Crippen MR) is 111 cm³/mol. The molecule has 30 heavy (non-hydrogen) atoms. The van der Waals surface area contributed by atoms with Crippen LogP contribution in [0.1, 0.15) is 50.9 Å². The fourth-order valence-corrected chi connectivity index (χ4v) is 4.54. The standard InChI is InChI=1S/C21H33N5O4/c1-5-30-21(29)24-11-8-17(9-12-24)26(14-18-13-15(2)22-23(18)4)20(28)19-7-6-10-25(19)16(3)27/h13,17,19H,5-12,14H2,1-4H3/t19-/m1/s1. The van der Waals surface area contributed by atoms with Gasteiger partial charge in [-0.1, -0.05) is 0 Å². The predicted octanol–water partition coefficient (Wildman–Crippen LogP) is 1.69. The molecule has 0 aromatic carbocycles. The van der Waals surface area contributed by atoms with Crippen molar-refractivity contribution in [2.45, 2.75) is 65.1 Å². The molecule has 0 bridgehead atoms. The molecule has 1 atom stereocenters. The van der Waals surface area contributed by atoms with Crippen molar-refractivity contribution in [3.05, 3.63) is 17.5 Å². The van der Waals surface area contributed by atoms with E-state index in [1.165, 1.54) is 6.92 Å². The summed E-state index contributed by atoms with van der Waals surface area (Å²) < 4.78 is 6.92. The largest absolute Gasteiger partial charge is 0.450 e. The first kappa shape index (κ1) is 22.1. The zero-order valence-electron chi connectivity index (χ0n) is 18.5. The van der Waals surface area contributed by atoms with Crippen LogP contribution in [0.5, 0.6) is 0 Å². The van der Waals surface area contributed by atoms with Crippen molar-refractivity contribution in [1.29, 1.82) is 0 Å². The van der Waals surface area contributed by atoms with Crippen molar-refractivity contribution in [1.82, 2.24) is 24.5 Å². The van der Waals surface area contributed by atoms with Crippen LogP contribution in [0.2, 0.25) is 0 Å². The Hall–Kier alpha value is -2.58. The molecule has 2 aliphatic heterocycles. The lowest BCUT2D eigenvalue weighted by molar-refractivity contribution is -0.145. The van der Waals surface area contributed by atoms with Gasteiger partial charge in [-0.05, 0) is 45.6 Å². The van der Waals surface area contributed by atoms with E-state index in [4.69, 9.17) is 4.74 Å². The second-order valence-corrected chi connectivity index (χ2v) is 8.15. The molecular weight excluding hydrogens is 386 g/mol. The van der Waals surface area contributed by atoms with E-state index in [1.807, 2.05) is 24.9 Å². The number of hydrogen-bond donors (Lipinski definition) is 0. The maximum Gasteiger partial charge on any atom is 0.409 e. The van der Waals surface area contributed by atoms with Gasteiger partial charge in [0.15, 0.2) is 0 Å². The SMILES string of the molecule is CCOC(=O)N1CCC(N(Cc2cc(C)nn2C)C(=O)[C@H]2CCCN2C(C)=O)CC1. The number of amides is 3. The van der Waals surface area contributed by atoms with E-state index in [-0.39, 0.29) is 23.9 Å². The van der Waals surface area contributed by atoms with Crippen LogP contribution in [0.4, 0.5) is 4.79 Å². The van der Waals surface area contributed by atoms with Gasteiger partial charge < -0.3 is 19.4 Å². The van der Waals surface area contributed by atoms with E-state index in [0.29, 0.717) is 52.0 Å². The van der Waals surface area contributed by atoms with Gasteiger partial charge in [0.2, 0.25) is 11.8 Å². The summed E-state index contributed by atoms with van der Waals surface area (Å²) in [6, 6.07) is 1.60. The maximum absolute atomic E-state index is 13.6. The Morgan fingerprint density at radius 1 is 1.20 bits per heavy atom. The number of aryl methyl sites for hydroxylation is 2. The summed E-state index contributed by atoms with van der Waals surface area (Å²) in [4.78, 5) is 43.0. The van der Waals surface area contributed by atoms with Gasteiger partial charge in [-0.15, -0.1) is 0 Å². The van der Waals surface area contributed by atoms with Gasteiger partial charge in [-0.2, -0.15) is 5.10 Å². The van der Waals surface area contributed by atoms with Gasteiger partial charge >= 0.3 is 6.09 Å². The van der Waals surface area contributed by atoms with Crippen molar-refractivity contribution in [3.8, 4) is 0 Å². The first-order valence-corrected chi connectivity index (χ1v) is 10.8. The molecule has 2 fully saturated rings. The molecule has 3 heterocycles. The molecule has 9 heteroatoms. The van der Waals surface area contributed by atoms with Crippen molar-refractivity contribution >= 4 is 17.9 Å². The van der Waals surface area contributed by atoms with E-state index in [1.54, 1.807) is 21.4 Å². The Morgan fingerprint density at radius 2 is 1.90 bits per heavy atom. The Bertz CT molecular complexity index is 784. The number of rotatable bonds is 5. The molecule has 0 saturated carbocycles. The van der Waals surface area contributed by atoms with E-state index in [9.17, 15) is 14.4 Å². The van der Waals surface area contributed by atoms with Gasteiger partial charge in [-0.25, -0.2) is 4.79 Å². The zero-order valence-corrected chi connectivity index (χ0v) is 18.5. The van der Waals surface area contributed by atoms with Crippen molar-refractivity contribution in [2.75, 3.05) is 26.2 Å². The molecule has 0 spiro atoms. The summed E-state index contributed by atoms with van der Waals surface area (Å²) in [5.41, 5.74) is 1.87. The summed E-state index contributed by atoms with van der Waals surface area (Å²) in [5, 5.41) is 4.41. The molecule has 0 radical (unpaired) electrons. The van der Waals surface area contributed by atoms with E-state index >= 15 is 0 Å². The number of ether oxygens (including phenoxy) is 1. The smallest absolute Gasteiger partial charge is 0.409 e. The second kappa shape index (κ2) is 9.49. The molecular formula is C21H33N5O4. The van der Waals surface area contributed by atoms with Crippen LogP contribution < -0.4 is 0 Å². The molecule has 1 aromatic heterocycles. The van der Waals surface area contributed by atoms with Gasteiger partial charge in [0.05, 0.1) is 24.5 Å².